The second kappa shape index (κ2) is 4.37. The van der Waals surface area contributed by atoms with Gasteiger partial charge >= 0.3 is 6.09 Å². The van der Waals surface area contributed by atoms with Gasteiger partial charge in [-0.3, -0.25) is 0 Å². The first-order valence-corrected chi connectivity index (χ1v) is 5.89. The summed E-state index contributed by atoms with van der Waals surface area (Å²) in [6.07, 6.45) is -0.326. The summed E-state index contributed by atoms with van der Waals surface area (Å²) in [5.41, 5.74) is 1.00. The summed E-state index contributed by atoms with van der Waals surface area (Å²) in [6.45, 7) is 1.87. The number of carbonyl (C=O) groups excluding carboxylic acids is 1. The summed E-state index contributed by atoms with van der Waals surface area (Å²) in [7, 11) is 0. The third-order valence-corrected chi connectivity index (χ3v) is 3.45. The van der Waals surface area contributed by atoms with Crippen molar-refractivity contribution in [1.82, 2.24) is 5.32 Å². The third kappa shape index (κ3) is 2.26. The second-order valence-corrected chi connectivity index (χ2v) is 4.60. The molecule has 2 aliphatic rings. The van der Waals surface area contributed by atoms with Gasteiger partial charge in [0, 0.05) is 17.9 Å². The van der Waals surface area contributed by atoms with Crippen LogP contribution >= 0.6 is 0 Å². The molecule has 0 aromatic heterocycles. The van der Waals surface area contributed by atoms with Crippen LogP contribution in [0.3, 0.4) is 0 Å². The van der Waals surface area contributed by atoms with Gasteiger partial charge < -0.3 is 14.8 Å². The third-order valence-electron chi connectivity index (χ3n) is 3.45. The van der Waals surface area contributed by atoms with Gasteiger partial charge in [-0.05, 0) is 5.56 Å². The molecule has 1 saturated heterocycles. The van der Waals surface area contributed by atoms with E-state index in [1.807, 2.05) is 30.3 Å². The number of hydrogen-bond acceptors (Lipinski definition) is 3. The quantitative estimate of drug-likeness (QED) is 0.861. The van der Waals surface area contributed by atoms with Crippen molar-refractivity contribution in [3.63, 3.8) is 0 Å². The first-order valence-electron chi connectivity index (χ1n) is 5.89. The molecule has 0 spiro atoms. The fourth-order valence-electron chi connectivity index (χ4n) is 2.35. The highest BCUT2D eigenvalue weighted by Crippen LogP contribution is 2.44. The van der Waals surface area contributed by atoms with Crippen molar-refractivity contribution in [1.29, 1.82) is 0 Å². The van der Waals surface area contributed by atoms with Gasteiger partial charge in [0.2, 0.25) is 0 Å². The second-order valence-electron chi connectivity index (χ2n) is 4.60. The van der Waals surface area contributed by atoms with Gasteiger partial charge in [-0.25, -0.2) is 4.79 Å². The van der Waals surface area contributed by atoms with Crippen molar-refractivity contribution in [2.45, 2.75) is 12.6 Å². The lowest BCUT2D eigenvalue weighted by Crippen LogP contribution is -2.30. The maximum absolute atomic E-state index is 11.5. The molecule has 17 heavy (non-hydrogen) atoms. The molecule has 4 heteroatoms. The summed E-state index contributed by atoms with van der Waals surface area (Å²) < 4.78 is 10.4. The highest BCUT2D eigenvalue weighted by atomic mass is 16.5. The Morgan fingerprint density at radius 2 is 2.00 bits per heavy atom. The van der Waals surface area contributed by atoms with Crippen LogP contribution in [0.5, 0.6) is 0 Å². The molecule has 1 aromatic rings. The van der Waals surface area contributed by atoms with E-state index in [-0.39, 0.29) is 12.1 Å². The smallest absolute Gasteiger partial charge is 0.407 e. The van der Waals surface area contributed by atoms with E-state index in [1.165, 1.54) is 0 Å². The average Bonchev–Trinajstić information content (AvgIpc) is 2.79. The molecule has 1 unspecified atom stereocenters. The Kier molecular flexibility index (Phi) is 2.73. The average molecular weight is 233 g/mol. The Balaban J connectivity index is 1.42. The number of benzene rings is 1. The monoisotopic (exact) mass is 233 g/mol. The number of nitrogens with one attached hydrogen (secondary N) is 1. The topological polar surface area (TPSA) is 47.6 Å². The number of carbonyl (C=O) groups is 1. The summed E-state index contributed by atoms with van der Waals surface area (Å²) in [5.74, 6) is 1.03. The van der Waals surface area contributed by atoms with Crippen LogP contribution in [0.4, 0.5) is 4.79 Å². The Morgan fingerprint density at radius 1 is 1.29 bits per heavy atom. The minimum atomic E-state index is -0.326. The summed E-state index contributed by atoms with van der Waals surface area (Å²) in [6, 6.07) is 9.94. The van der Waals surface area contributed by atoms with Crippen molar-refractivity contribution < 1.29 is 14.3 Å². The number of alkyl carbamates (subject to hydrolysis) is 1. The predicted molar refractivity (Wildman–Crippen MR) is 61.3 cm³/mol. The van der Waals surface area contributed by atoms with Gasteiger partial charge in [-0.15, -0.1) is 0 Å². The number of rotatable bonds is 3. The summed E-state index contributed by atoms with van der Waals surface area (Å²) >= 11 is 0. The SMILES string of the molecule is O=C(NC1[C@H]2COC[C@@H]12)OCc1ccccc1. The Morgan fingerprint density at radius 3 is 2.71 bits per heavy atom. The van der Waals surface area contributed by atoms with E-state index < -0.39 is 0 Å². The van der Waals surface area contributed by atoms with Crippen molar-refractivity contribution in [2.24, 2.45) is 11.8 Å². The zero-order valence-electron chi connectivity index (χ0n) is 9.46. The molecule has 1 heterocycles. The molecule has 3 atom stereocenters. The van der Waals surface area contributed by atoms with Gasteiger partial charge in [0.05, 0.1) is 13.2 Å². The van der Waals surface area contributed by atoms with E-state index in [1.54, 1.807) is 0 Å². The molecular formula is C13H15NO3. The predicted octanol–water partition coefficient (Wildman–Crippen LogP) is 1.56. The zero-order chi connectivity index (χ0) is 11.7. The molecule has 0 radical (unpaired) electrons. The van der Waals surface area contributed by atoms with Crippen LogP contribution < -0.4 is 5.32 Å². The van der Waals surface area contributed by atoms with Gasteiger partial charge in [0.15, 0.2) is 0 Å². The standard InChI is InChI=1S/C13H15NO3/c15-13(14-12-10-7-16-8-11(10)12)17-6-9-4-2-1-3-5-9/h1-5,10-12H,6-8H2,(H,14,15)/t10-,11+,12?. The van der Waals surface area contributed by atoms with Crippen LogP contribution in [-0.4, -0.2) is 25.3 Å². The first kappa shape index (κ1) is 10.6. The Labute approximate surface area is 99.9 Å². The van der Waals surface area contributed by atoms with E-state index in [9.17, 15) is 4.79 Å². The molecule has 1 aliphatic carbocycles. The van der Waals surface area contributed by atoms with Crippen LogP contribution in [0, 0.1) is 11.8 Å². The molecule has 90 valence electrons. The van der Waals surface area contributed by atoms with Crippen LogP contribution in [0.1, 0.15) is 5.56 Å². The van der Waals surface area contributed by atoms with Gasteiger partial charge in [0.1, 0.15) is 6.61 Å². The van der Waals surface area contributed by atoms with E-state index in [2.05, 4.69) is 5.32 Å². The van der Waals surface area contributed by atoms with E-state index in [0.717, 1.165) is 18.8 Å². The van der Waals surface area contributed by atoms with E-state index >= 15 is 0 Å². The van der Waals surface area contributed by atoms with E-state index in [4.69, 9.17) is 9.47 Å². The molecule has 1 aliphatic heterocycles. The lowest BCUT2D eigenvalue weighted by atomic mass is 10.2. The zero-order valence-corrected chi connectivity index (χ0v) is 9.46. The molecule has 2 fully saturated rings. The maximum Gasteiger partial charge on any atom is 0.407 e. The lowest BCUT2D eigenvalue weighted by Gasteiger charge is -2.08. The molecule has 1 N–H and O–H groups in total. The normalized spacial score (nSPS) is 29.5. The highest BCUT2D eigenvalue weighted by Gasteiger charge is 2.55. The van der Waals surface area contributed by atoms with Crippen LogP contribution in [0.15, 0.2) is 30.3 Å². The van der Waals surface area contributed by atoms with Crippen LogP contribution in [-0.2, 0) is 16.1 Å². The molecule has 1 saturated carbocycles. The fraction of sp³-hybridized carbons (Fsp3) is 0.462. The van der Waals surface area contributed by atoms with Crippen molar-refractivity contribution in [3.8, 4) is 0 Å². The van der Waals surface area contributed by atoms with Crippen LogP contribution in [0.2, 0.25) is 0 Å². The maximum atomic E-state index is 11.5. The van der Waals surface area contributed by atoms with Crippen molar-refractivity contribution in [2.75, 3.05) is 13.2 Å². The largest absolute Gasteiger partial charge is 0.445 e. The van der Waals surface area contributed by atoms with Crippen molar-refractivity contribution >= 4 is 6.09 Å². The summed E-state index contributed by atoms with van der Waals surface area (Å²) in [4.78, 5) is 11.5. The molecular weight excluding hydrogens is 218 g/mol. The van der Waals surface area contributed by atoms with Gasteiger partial charge in [0.25, 0.3) is 0 Å². The molecule has 4 nitrogen and oxygen atoms in total. The number of ether oxygens (including phenoxy) is 2. The van der Waals surface area contributed by atoms with Crippen molar-refractivity contribution in [3.05, 3.63) is 35.9 Å². The number of fused-ring (bicyclic) bond motifs is 1. The first-order chi connectivity index (χ1) is 8.34. The Bertz CT molecular complexity index is 396. The number of amides is 1. The fourth-order valence-corrected chi connectivity index (χ4v) is 2.35. The minimum absolute atomic E-state index is 0.270. The van der Waals surface area contributed by atoms with Crippen LogP contribution in [0.25, 0.3) is 0 Å². The lowest BCUT2D eigenvalue weighted by molar-refractivity contribution is 0.128. The van der Waals surface area contributed by atoms with Gasteiger partial charge in [-0.2, -0.15) is 0 Å². The molecule has 3 rings (SSSR count). The minimum Gasteiger partial charge on any atom is -0.445 e. The number of hydrogen-bond donors (Lipinski definition) is 1. The Hall–Kier alpha value is -1.55. The summed E-state index contributed by atoms with van der Waals surface area (Å²) in [5, 5.41) is 2.88. The molecule has 0 bridgehead atoms. The molecule has 1 amide bonds. The molecule has 1 aromatic carbocycles. The van der Waals surface area contributed by atoms with E-state index in [0.29, 0.717) is 18.4 Å². The highest BCUT2D eigenvalue weighted by molar-refractivity contribution is 5.68. The van der Waals surface area contributed by atoms with Gasteiger partial charge in [-0.1, -0.05) is 30.3 Å².